The monoisotopic (exact) mass is 248 g/mol. The summed E-state index contributed by atoms with van der Waals surface area (Å²) in [7, 11) is 1.62. The highest BCUT2D eigenvalue weighted by Gasteiger charge is 2.69. The lowest BCUT2D eigenvalue weighted by atomic mass is 9.65. The van der Waals surface area contributed by atoms with Gasteiger partial charge >= 0.3 is 5.97 Å². The molecule has 1 aromatic carbocycles. The molecule has 0 spiro atoms. The minimum Gasteiger partial charge on any atom is -0.496 e. The Morgan fingerprint density at radius 2 is 2.00 bits per heavy atom. The van der Waals surface area contributed by atoms with Crippen molar-refractivity contribution in [2.24, 2.45) is 5.41 Å². The molecule has 0 unspecified atom stereocenters. The molecule has 0 atom stereocenters. The molecule has 0 bridgehead atoms. The van der Waals surface area contributed by atoms with Crippen molar-refractivity contribution in [3.8, 4) is 5.75 Å². The van der Waals surface area contributed by atoms with Crippen LogP contribution in [0.15, 0.2) is 24.3 Å². The van der Waals surface area contributed by atoms with Crippen LogP contribution in [0.25, 0.3) is 0 Å². The number of carbonyl (C=O) groups is 1. The molecule has 4 nitrogen and oxygen atoms in total. The summed E-state index contributed by atoms with van der Waals surface area (Å²) in [5.41, 5.74) is -0.0932. The second-order valence-corrected chi connectivity index (χ2v) is 5.16. The van der Waals surface area contributed by atoms with Gasteiger partial charge in [-0.15, -0.1) is 0 Å². The van der Waals surface area contributed by atoms with Crippen LogP contribution in [-0.4, -0.2) is 31.4 Å². The predicted molar refractivity (Wildman–Crippen MR) is 64.8 cm³/mol. The van der Waals surface area contributed by atoms with E-state index in [2.05, 4.69) is 0 Å². The van der Waals surface area contributed by atoms with Crippen LogP contribution >= 0.6 is 0 Å². The topological polar surface area (TPSA) is 55.8 Å². The van der Waals surface area contributed by atoms with E-state index < -0.39 is 16.8 Å². The van der Waals surface area contributed by atoms with Gasteiger partial charge in [-0.25, -0.2) is 0 Å². The van der Waals surface area contributed by atoms with Gasteiger partial charge < -0.3 is 14.6 Å². The fourth-order valence-corrected chi connectivity index (χ4v) is 3.06. The Bertz CT molecular complexity index is 486. The summed E-state index contributed by atoms with van der Waals surface area (Å²) in [5, 5.41) is 9.53. The van der Waals surface area contributed by atoms with E-state index in [4.69, 9.17) is 9.47 Å². The molecular weight excluding hydrogens is 232 g/mol. The lowest BCUT2D eigenvalue weighted by Gasteiger charge is -2.47. The van der Waals surface area contributed by atoms with Gasteiger partial charge in [0.25, 0.3) is 0 Å². The van der Waals surface area contributed by atoms with Crippen LogP contribution in [0.3, 0.4) is 0 Å². The molecular formula is C14H16O4. The van der Waals surface area contributed by atoms with Crippen molar-refractivity contribution in [1.82, 2.24) is 0 Å². The van der Waals surface area contributed by atoms with Gasteiger partial charge in [0, 0.05) is 5.56 Å². The summed E-state index contributed by atoms with van der Waals surface area (Å²) in [6, 6.07) is 7.67. The van der Waals surface area contributed by atoms with Gasteiger partial charge in [-0.2, -0.15) is 0 Å². The van der Waals surface area contributed by atoms with E-state index in [0.29, 0.717) is 13.2 Å². The number of hydrogen-bond acceptors (Lipinski definition) is 3. The molecule has 96 valence electrons. The Morgan fingerprint density at radius 1 is 1.33 bits per heavy atom. The molecule has 4 heteroatoms. The molecule has 2 fully saturated rings. The first-order valence-electron chi connectivity index (χ1n) is 6.11. The van der Waals surface area contributed by atoms with Gasteiger partial charge in [-0.3, -0.25) is 4.79 Å². The average Bonchev–Trinajstić information content (AvgIpc) is 3.10. The number of hydrogen-bond donors (Lipinski definition) is 1. The number of benzene rings is 1. The summed E-state index contributed by atoms with van der Waals surface area (Å²) in [6.07, 6.45) is 1.45. The smallest absolute Gasteiger partial charge is 0.310 e. The maximum absolute atomic E-state index is 11.6. The van der Waals surface area contributed by atoms with Gasteiger partial charge in [0.1, 0.15) is 5.75 Å². The van der Waals surface area contributed by atoms with Crippen LogP contribution in [-0.2, 0) is 14.9 Å². The fourth-order valence-electron chi connectivity index (χ4n) is 3.06. The normalized spacial score (nSPS) is 22.9. The largest absolute Gasteiger partial charge is 0.496 e. The molecule has 3 rings (SSSR count). The summed E-state index contributed by atoms with van der Waals surface area (Å²) < 4.78 is 10.7. The summed E-state index contributed by atoms with van der Waals surface area (Å²) >= 11 is 0. The van der Waals surface area contributed by atoms with Crippen molar-refractivity contribution in [2.75, 3.05) is 20.3 Å². The molecule has 1 saturated heterocycles. The molecule has 0 aromatic heterocycles. The Morgan fingerprint density at radius 3 is 2.44 bits per heavy atom. The zero-order valence-corrected chi connectivity index (χ0v) is 10.3. The lowest BCUT2D eigenvalue weighted by Crippen LogP contribution is -2.56. The van der Waals surface area contributed by atoms with Gasteiger partial charge in [-0.1, -0.05) is 18.2 Å². The van der Waals surface area contributed by atoms with Gasteiger partial charge in [0.05, 0.1) is 31.2 Å². The second kappa shape index (κ2) is 3.72. The minimum absolute atomic E-state index is 0.411. The highest BCUT2D eigenvalue weighted by Crippen LogP contribution is 2.63. The Kier molecular flexibility index (Phi) is 2.38. The maximum Gasteiger partial charge on any atom is 0.310 e. The van der Waals surface area contributed by atoms with Crippen LogP contribution in [0.2, 0.25) is 0 Å². The first kappa shape index (κ1) is 11.5. The van der Waals surface area contributed by atoms with E-state index in [1.165, 1.54) is 0 Å². The molecule has 1 aromatic rings. The van der Waals surface area contributed by atoms with Gasteiger partial charge in [0.2, 0.25) is 0 Å². The quantitative estimate of drug-likeness (QED) is 0.883. The van der Waals surface area contributed by atoms with E-state index in [9.17, 15) is 9.90 Å². The third kappa shape index (κ3) is 1.27. The lowest BCUT2D eigenvalue weighted by molar-refractivity contribution is -0.161. The number of aliphatic carboxylic acids is 1. The molecule has 1 aliphatic heterocycles. The van der Waals surface area contributed by atoms with Crippen LogP contribution in [0, 0.1) is 5.41 Å². The van der Waals surface area contributed by atoms with E-state index in [1.54, 1.807) is 7.11 Å². The first-order chi connectivity index (χ1) is 8.66. The van der Waals surface area contributed by atoms with Crippen molar-refractivity contribution in [3.05, 3.63) is 29.8 Å². The van der Waals surface area contributed by atoms with Crippen molar-refractivity contribution in [2.45, 2.75) is 18.3 Å². The van der Waals surface area contributed by atoms with Crippen LogP contribution < -0.4 is 4.74 Å². The number of carboxylic acid groups (broad SMARTS) is 1. The van der Waals surface area contributed by atoms with E-state index in [-0.39, 0.29) is 0 Å². The van der Waals surface area contributed by atoms with Crippen molar-refractivity contribution >= 4 is 5.97 Å². The van der Waals surface area contributed by atoms with Crippen LogP contribution in [0.5, 0.6) is 5.75 Å². The van der Waals surface area contributed by atoms with E-state index >= 15 is 0 Å². The Balaban J connectivity index is 2.10. The number of carboxylic acids is 1. The third-order valence-corrected chi connectivity index (χ3v) is 4.39. The number of rotatable bonds is 4. The minimum atomic E-state index is -0.711. The molecule has 1 N–H and O–H groups in total. The second-order valence-electron chi connectivity index (χ2n) is 5.16. The molecule has 1 aliphatic carbocycles. The SMILES string of the molecule is COc1ccccc1C1(C2(C(=O)O)CC2)COC1. The molecule has 2 aliphatic rings. The van der Waals surface area contributed by atoms with Crippen LogP contribution in [0.4, 0.5) is 0 Å². The molecule has 1 heterocycles. The fraction of sp³-hybridized carbons (Fsp3) is 0.500. The predicted octanol–water partition coefficient (Wildman–Crippen LogP) is 1.83. The Hall–Kier alpha value is -1.55. The van der Waals surface area contributed by atoms with Crippen molar-refractivity contribution in [1.29, 1.82) is 0 Å². The maximum atomic E-state index is 11.6. The zero-order chi connectivity index (χ0) is 12.8. The molecule has 18 heavy (non-hydrogen) atoms. The van der Waals surface area contributed by atoms with Crippen molar-refractivity contribution in [3.63, 3.8) is 0 Å². The molecule has 0 radical (unpaired) electrons. The van der Waals surface area contributed by atoms with Crippen molar-refractivity contribution < 1.29 is 19.4 Å². The van der Waals surface area contributed by atoms with Gasteiger partial charge in [-0.05, 0) is 18.9 Å². The standard InChI is InChI=1S/C14H16O4/c1-17-11-5-3-2-4-10(11)14(8-18-9-14)13(6-7-13)12(15)16/h2-5H,6-9H2,1H3,(H,15,16). The number of methoxy groups -OCH3 is 1. The number of ether oxygens (including phenoxy) is 2. The average molecular weight is 248 g/mol. The van der Waals surface area contributed by atoms with E-state index in [0.717, 1.165) is 24.2 Å². The first-order valence-corrected chi connectivity index (χ1v) is 6.11. The van der Waals surface area contributed by atoms with Gasteiger partial charge in [0.15, 0.2) is 0 Å². The molecule has 0 amide bonds. The summed E-state index contributed by atoms with van der Waals surface area (Å²) in [5.74, 6) is 0.0463. The highest BCUT2D eigenvalue weighted by atomic mass is 16.5. The third-order valence-electron chi connectivity index (χ3n) is 4.39. The number of para-hydroxylation sites is 1. The zero-order valence-electron chi connectivity index (χ0n) is 10.3. The summed E-state index contributed by atoms with van der Waals surface area (Å²) in [6.45, 7) is 0.944. The highest BCUT2D eigenvalue weighted by molar-refractivity contribution is 5.81. The van der Waals surface area contributed by atoms with E-state index in [1.807, 2.05) is 24.3 Å². The molecule has 1 saturated carbocycles. The van der Waals surface area contributed by atoms with Crippen LogP contribution in [0.1, 0.15) is 18.4 Å². The summed E-state index contributed by atoms with van der Waals surface area (Å²) in [4.78, 5) is 11.6. The Labute approximate surface area is 106 Å².